The molecule has 0 radical (unpaired) electrons. The van der Waals surface area contributed by atoms with Gasteiger partial charge in [0.05, 0.1) is 6.61 Å². The van der Waals surface area contributed by atoms with Crippen molar-refractivity contribution >= 4 is 21.8 Å². The molecule has 2 heteroatoms. The fourth-order valence-electron chi connectivity index (χ4n) is 2.65. The van der Waals surface area contributed by atoms with Crippen LogP contribution < -0.4 is 0 Å². The number of hydrogen-bond acceptors (Lipinski definition) is 1. The molecule has 0 saturated heterocycles. The minimum Gasteiger partial charge on any atom is -0.392 e. The van der Waals surface area contributed by atoms with Gasteiger partial charge in [0.2, 0.25) is 0 Å². The number of fused-ring (bicyclic) bond motifs is 3. The van der Waals surface area contributed by atoms with E-state index < -0.39 is 0 Å². The zero-order chi connectivity index (χ0) is 11.8. The Morgan fingerprint density at radius 1 is 1.00 bits per heavy atom. The molecular weight excluding hydrogens is 210 g/mol. The summed E-state index contributed by atoms with van der Waals surface area (Å²) in [6, 6.07) is 14.5. The van der Waals surface area contributed by atoms with Gasteiger partial charge in [-0.1, -0.05) is 30.3 Å². The normalized spacial score (nSPS) is 11.4. The Morgan fingerprint density at radius 2 is 1.76 bits per heavy atom. The maximum atomic E-state index is 9.47. The van der Waals surface area contributed by atoms with Gasteiger partial charge in [-0.25, -0.2) is 0 Å². The average Bonchev–Trinajstić information content (AvgIpc) is 2.72. The Labute approximate surface area is 100 Å². The number of benzene rings is 2. The van der Waals surface area contributed by atoms with Crippen LogP contribution in [0, 0.1) is 0 Å². The Morgan fingerprint density at radius 3 is 2.53 bits per heavy atom. The molecule has 3 aromatic rings. The third-order valence-corrected chi connectivity index (χ3v) is 3.37. The van der Waals surface area contributed by atoms with Crippen LogP contribution in [0.3, 0.4) is 0 Å². The van der Waals surface area contributed by atoms with Crippen molar-refractivity contribution in [2.45, 2.75) is 20.1 Å². The molecule has 0 saturated carbocycles. The lowest BCUT2D eigenvalue weighted by Crippen LogP contribution is -1.93. The zero-order valence-corrected chi connectivity index (χ0v) is 9.85. The Hall–Kier alpha value is -1.80. The van der Waals surface area contributed by atoms with Gasteiger partial charge >= 0.3 is 0 Å². The van der Waals surface area contributed by atoms with Crippen LogP contribution >= 0.6 is 0 Å². The summed E-state index contributed by atoms with van der Waals surface area (Å²) in [5.74, 6) is 0. The molecule has 0 aliphatic carbocycles. The Bertz CT molecular complexity index is 682. The number of rotatable bonds is 2. The molecule has 1 aromatic heterocycles. The number of aliphatic hydroxyl groups is 1. The molecule has 2 aromatic carbocycles. The first-order valence-electron chi connectivity index (χ1n) is 5.96. The van der Waals surface area contributed by atoms with Crippen LogP contribution in [0.5, 0.6) is 0 Å². The third-order valence-electron chi connectivity index (χ3n) is 3.37. The van der Waals surface area contributed by atoms with Gasteiger partial charge < -0.3 is 9.67 Å². The molecule has 17 heavy (non-hydrogen) atoms. The van der Waals surface area contributed by atoms with Crippen LogP contribution in [0.15, 0.2) is 42.5 Å². The van der Waals surface area contributed by atoms with E-state index in [1.54, 1.807) is 0 Å². The topological polar surface area (TPSA) is 25.2 Å². The molecule has 0 fully saturated rings. The van der Waals surface area contributed by atoms with Crippen LogP contribution in [0.4, 0.5) is 0 Å². The van der Waals surface area contributed by atoms with Gasteiger partial charge in [0.25, 0.3) is 0 Å². The first-order chi connectivity index (χ1) is 8.36. The minimum atomic E-state index is 0.0923. The second kappa shape index (κ2) is 3.90. The molecule has 0 aliphatic heterocycles. The first kappa shape index (κ1) is 10.4. The summed E-state index contributed by atoms with van der Waals surface area (Å²) in [6.45, 7) is 3.19. The summed E-state index contributed by atoms with van der Waals surface area (Å²) in [5.41, 5.74) is 3.46. The second-order valence-electron chi connectivity index (χ2n) is 4.23. The molecule has 0 amide bonds. The van der Waals surface area contributed by atoms with Crippen molar-refractivity contribution in [2.24, 2.45) is 0 Å². The van der Waals surface area contributed by atoms with E-state index in [-0.39, 0.29) is 6.61 Å². The van der Waals surface area contributed by atoms with E-state index >= 15 is 0 Å². The molecule has 0 aliphatic rings. The maximum absolute atomic E-state index is 9.47. The molecule has 0 unspecified atom stereocenters. The van der Waals surface area contributed by atoms with Crippen LogP contribution in [0.25, 0.3) is 21.8 Å². The fraction of sp³-hybridized carbons (Fsp3) is 0.200. The summed E-state index contributed by atoms with van der Waals surface area (Å²) in [7, 11) is 0. The van der Waals surface area contributed by atoms with Crippen molar-refractivity contribution in [3.8, 4) is 0 Å². The van der Waals surface area contributed by atoms with E-state index in [1.807, 2.05) is 12.1 Å². The molecular formula is C15H15NO. The summed E-state index contributed by atoms with van der Waals surface area (Å²) < 4.78 is 2.30. The number of aromatic nitrogens is 1. The van der Waals surface area contributed by atoms with Crippen molar-refractivity contribution in [3.63, 3.8) is 0 Å². The number of hydrogen-bond donors (Lipinski definition) is 1. The van der Waals surface area contributed by atoms with Gasteiger partial charge in [0.15, 0.2) is 0 Å². The van der Waals surface area contributed by atoms with Crippen LogP contribution in [0.2, 0.25) is 0 Å². The lowest BCUT2D eigenvalue weighted by Gasteiger charge is -2.03. The molecule has 2 nitrogen and oxygen atoms in total. The van der Waals surface area contributed by atoms with E-state index in [2.05, 4.69) is 41.8 Å². The van der Waals surface area contributed by atoms with Crippen molar-refractivity contribution in [3.05, 3.63) is 48.0 Å². The maximum Gasteiger partial charge on any atom is 0.0688 e. The van der Waals surface area contributed by atoms with Crippen LogP contribution in [-0.4, -0.2) is 9.67 Å². The number of aryl methyl sites for hydroxylation is 1. The lowest BCUT2D eigenvalue weighted by atomic mass is 10.1. The minimum absolute atomic E-state index is 0.0923. The SMILES string of the molecule is CCn1c2ccccc2c2c(CO)cccc21. The number of para-hydroxylation sites is 1. The van der Waals surface area contributed by atoms with Crippen LogP contribution in [-0.2, 0) is 13.2 Å². The quantitative estimate of drug-likeness (QED) is 0.711. The molecule has 1 N–H and O–H groups in total. The third kappa shape index (κ3) is 1.38. The highest BCUT2D eigenvalue weighted by atomic mass is 16.3. The van der Waals surface area contributed by atoms with Crippen molar-refractivity contribution in [1.29, 1.82) is 0 Å². The van der Waals surface area contributed by atoms with Crippen molar-refractivity contribution in [1.82, 2.24) is 4.57 Å². The van der Waals surface area contributed by atoms with E-state index in [0.29, 0.717) is 0 Å². The highest BCUT2D eigenvalue weighted by Crippen LogP contribution is 2.31. The van der Waals surface area contributed by atoms with E-state index in [9.17, 15) is 5.11 Å². The summed E-state index contributed by atoms with van der Waals surface area (Å²) >= 11 is 0. The number of nitrogens with zero attached hydrogens (tertiary/aromatic N) is 1. The molecule has 86 valence electrons. The zero-order valence-electron chi connectivity index (χ0n) is 9.85. The molecule has 0 spiro atoms. The monoisotopic (exact) mass is 225 g/mol. The van der Waals surface area contributed by atoms with Gasteiger partial charge in [-0.3, -0.25) is 0 Å². The van der Waals surface area contributed by atoms with E-state index in [1.165, 1.54) is 21.8 Å². The first-order valence-corrected chi connectivity index (χ1v) is 5.96. The Balaban J connectivity index is 2.59. The summed E-state index contributed by atoms with van der Waals surface area (Å²) in [4.78, 5) is 0. The highest BCUT2D eigenvalue weighted by molar-refractivity contribution is 6.09. The smallest absolute Gasteiger partial charge is 0.0688 e. The second-order valence-corrected chi connectivity index (χ2v) is 4.23. The van der Waals surface area contributed by atoms with Crippen molar-refractivity contribution in [2.75, 3.05) is 0 Å². The predicted octanol–water partition coefficient (Wildman–Crippen LogP) is 3.31. The predicted molar refractivity (Wildman–Crippen MR) is 71.0 cm³/mol. The van der Waals surface area contributed by atoms with Crippen LogP contribution in [0.1, 0.15) is 12.5 Å². The largest absolute Gasteiger partial charge is 0.392 e. The lowest BCUT2D eigenvalue weighted by molar-refractivity contribution is 0.283. The average molecular weight is 225 g/mol. The van der Waals surface area contributed by atoms with Gasteiger partial charge in [-0.05, 0) is 24.6 Å². The molecule has 3 rings (SSSR count). The standard InChI is InChI=1S/C15H15NO/c1-2-16-13-8-4-3-7-12(13)15-11(10-17)6-5-9-14(15)16/h3-9,17H,2,10H2,1H3. The summed E-state index contributed by atoms with van der Waals surface area (Å²) in [5, 5.41) is 11.9. The Kier molecular flexibility index (Phi) is 2.37. The summed E-state index contributed by atoms with van der Waals surface area (Å²) in [6.07, 6.45) is 0. The molecule has 1 heterocycles. The fourth-order valence-corrected chi connectivity index (χ4v) is 2.65. The highest BCUT2D eigenvalue weighted by Gasteiger charge is 2.11. The number of aliphatic hydroxyl groups excluding tert-OH is 1. The molecule has 0 atom stereocenters. The van der Waals surface area contributed by atoms with Gasteiger partial charge in [-0.2, -0.15) is 0 Å². The van der Waals surface area contributed by atoms with E-state index in [0.717, 1.165) is 12.1 Å². The van der Waals surface area contributed by atoms with Gasteiger partial charge in [-0.15, -0.1) is 0 Å². The molecule has 0 bridgehead atoms. The van der Waals surface area contributed by atoms with E-state index in [4.69, 9.17) is 0 Å². The van der Waals surface area contributed by atoms with Crippen molar-refractivity contribution < 1.29 is 5.11 Å². The van der Waals surface area contributed by atoms with Gasteiger partial charge in [0, 0.05) is 28.4 Å². The van der Waals surface area contributed by atoms with Gasteiger partial charge in [0.1, 0.15) is 0 Å².